The Kier molecular flexibility index (Phi) is 23.4. The number of carbonyl (C=O) groups is 1. The van der Waals surface area contributed by atoms with Gasteiger partial charge in [-0.3, -0.25) is 4.79 Å². The average molecular weight is 461 g/mol. The molecule has 0 rings (SSSR count). The van der Waals surface area contributed by atoms with Crippen molar-refractivity contribution >= 4 is 21.9 Å². The molecule has 0 spiro atoms. The van der Waals surface area contributed by atoms with Crippen LogP contribution in [0, 0.1) is 0 Å². The molecule has 27 heavy (non-hydrogen) atoms. The van der Waals surface area contributed by atoms with Gasteiger partial charge in [0, 0.05) is 5.33 Å². The second-order valence-corrected chi connectivity index (χ2v) is 5.91. The van der Waals surface area contributed by atoms with Crippen molar-refractivity contribution < 1.29 is 43.1 Å². The van der Waals surface area contributed by atoms with Gasteiger partial charge in [-0.25, -0.2) is 0 Å². The number of carboxylic acid groups (broad SMARTS) is 1. The van der Waals surface area contributed by atoms with E-state index in [1.807, 2.05) is 0 Å². The maximum atomic E-state index is 10.3. The first-order chi connectivity index (χ1) is 13.3. The lowest BCUT2D eigenvalue weighted by Gasteiger charge is -2.08. The SMILES string of the molecule is O=C(O)CCOCCOCCOCCOCCOCCOCCOCCBr. The molecule has 0 aliphatic rings. The lowest BCUT2D eigenvalue weighted by molar-refractivity contribution is -0.138. The summed E-state index contributed by atoms with van der Waals surface area (Å²) in [6.07, 6.45) is 0.00910. The van der Waals surface area contributed by atoms with Crippen LogP contribution in [0.4, 0.5) is 0 Å². The molecule has 0 unspecified atom stereocenters. The summed E-state index contributed by atoms with van der Waals surface area (Å²) in [5, 5.41) is 9.26. The molecule has 0 amide bonds. The third-order valence-electron chi connectivity index (χ3n) is 2.91. The molecule has 0 saturated heterocycles. The zero-order valence-electron chi connectivity index (χ0n) is 15.9. The second kappa shape index (κ2) is 23.7. The van der Waals surface area contributed by atoms with Crippen LogP contribution in [0.1, 0.15) is 6.42 Å². The Bertz CT molecular complexity index is 308. The summed E-state index contributed by atoms with van der Waals surface area (Å²) in [5.41, 5.74) is 0. The summed E-state index contributed by atoms with van der Waals surface area (Å²) in [4.78, 5) is 10.3. The van der Waals surface area contributed by atoms with E-state index in [-0.39, 0.29) is 13.0 Å². The van der Waals surface area contributed by atoms with Crippen LogP contribution in [0.3, 0.4) is 0 Å². The molecule has 0 radical (unpaired) electrons. The molecule has 162 valence electrons. The summed E-state index contributed by atoms with van der Waals surface area (Å²) in [5.74, 6) is -0.866. The van der Waals surface area contributed by atoms with Crippen LogP contribution >= 0.6 is 15.9 Å². The van der Waals surface area contributed by atoms with Crippen molar-refractivity contribution in [2.24, 2.45) is 0 Å². The smallest absolute Gasteiger partial charge is 0.305 e. The van der Waals surface area contributed by atoms with E-state index < -0.39 is 5.97 Å². The molecule has 9 nitrogen and oxygen atoms in total. The van der Waals surface area contributed by atoms with Crippen molar-refractivity contribution in [1.82, 2.24) is 0 Å². The zero-order chi connectivity index (χ0) is 19.8. The lowest BCUT2D eigenvalue weighted by Crippen LogP contribution is -2.14. The maximum absolute atomic E-state index is 10.3. The topological polar surface area (TPSA) is 102 Å². The van der Waals surface area contributed by atoms with Crippen LogP contribution in [0.2, 0.25) is 0 Å². The molecule has 0 aromatic carbocycles. The number of aliphatic carboxylic acids is 1. The van der Waals surface area contributed by atoms with Gasteiger partial charge >= 0.3 is 5.97 Å². The van der Waals surface area contributed by atoms with Gasteiger partial charge in [-0.2, -0.15) is 0 Å². The highest BCUT2D eigenvalue weighted by atomic mass is 79.9. The van der Waals surface area contributed by atoms with Crippen LogP contribution in [0.25, 0.3) is 0 Å². The first-order valence-corrected chi connectivity index (χ1v) is 10.2. The van der Waals surface area contributed by atoms with E-state index in [9.17, 15) is 4.79 Å². The molecular weight excluding hydrogens is 428 g/mol. The van der Waals surface area contributed by atoms with Gasteiger partial charge in [0.05, 0.1) is 98.9 Å². The number of hydrogen-bond donors (Lipinski definition) is 1. The predicted octanol–water partition coefficient (Wildman–Crippen LogP) is 0.972. The van der Waals surface area contributed by atoms with Gasteiger partial charge < -0.3 is 38.3 Å². The molecule has 0 heterocycles. The molecule has 1 N–H and O–H groups in total. The van der Waals surface area contributed by atoms with E-state index in [0.29, 0.717) is 85.9 Å². The largest absolute Gasteiger partial charge is 0.481 e. The normalized spacial score (nSPS) is 11.1. The van der Waals surface area contributed by atoms with Gasteiger partial charge in [0.25, 0.3) is 0 Å². The Morgan fingerprint density at radius 1 is 0.519 bits per heavy atom. The van der Waals surface area contributed by atoms with Crippen molar-refractivity contribution in [3.05, 3.63) is 0 Å². The summed E-state index contributed by atoms with van der Waals surface area (Å²) >= 11 is 3.28. The number of alkyl halides is 1. The molecule has 0 fully saturated rings. The number of halogens is 1. The fourth-order valence-electron chi connectivity index (χ4n) is 1.64. The van der Waals surface area contributed by atoms with E-state index >= 15 is 0 Å². The third-order valence-corrected chi connectivity index (χ3v) is 3.24. The number of ether oxygens (including phenoxy) is 7. The minimum Gasteiger partial charge on any atom is -0.481 e. The van der Waals surface area contributed by atoms with E-state index in [4.69, 9.17) is 38.3 Å². The fraction of sp³-hybridized carbons (Fsp3) is 0.941. The molecular formula is C17H33BrO9. The molecule has 0 bridgehead atoms. The van der Waals surface area contributed by atoms with Crippen molar-refractivity contribution in [1.29, 1.82) is 0 Å². The Morgan fingerprint density at radius 3 is 1.04 bits per heavy atom. The van der Waals surface area contributed by atoms with Gasteiger partial charge in [0.1, 0.15) is 0 Å². The fourth-order valence-corrected chi connectivity index (χ4v) is 1.86. The van der Waals surface area contributed by atoms with Gasteiger partial charge in [-0.1, -0.05) is 15.9 Å². The summed E-state index contributed by atoms with van der Waals surface area (Å²) < 4.78 is 37.0. The molecule has 0 aliphatic carbocycles. The van der Waals surface area contributed by atoms with Crippen LogP contribution in [0.5, 0.6) is 0 Å². The monoisotopic (exact) mass is 460 g/mol. The highest BCUT2D eigenvalue weighted by Gasteiger charge is 1.97. The molecule has 0 saturated carbocycles. The van der Waals surface area contributed by atoms with Gasteiger partial charge in [0.2, 0.25) is 0 Å². The predicted molar refractivity (Wildman–Crippen MR) is 102 cm³/mol. The van der Waals surface area contributed by atoms with Crippen molar-refractivity contribution in [3.63, 3.8) is 0 Å². The van der Waals surface area contributed by atoms with Gasteiger partial charge in [-0.15, -0.1) is 0 Å². The summed E-state index contributed by atoms with van der Waals surface area (Å²) in [6.45, 7) is 6.94. The minimum atomic E-state index is -0.866. The summed E-state index contributed by atoms with van der Waals surface area (Å²) in [7, 11) is 0. The van der Waals surface area contributed by atoms with Crippen molar-refractivity contribution in [2.75, 3.05) is 97.8 Å². The number of hydrogen-bond acceptors (Lipinski definition) is 8. The van der Waals surface area contributed by atoms with Crippen LogP contribution in [0.15, 0.2) is 0 Å². The number of rotatable bonds is 23. The average Bonchev–Trinajstić information content (AvgIpc) is 2.65. The quantitative estimate of drug-likeness (QED) is 0.176. The Balaban J connectivity index is 2.98. The zero-order valence-corrected chi connectivity index (χ0v) is 17.5. The first-order valence-electron chi connectivity index (χ1n) is 9.09. The van der Waals surface area contributed by atoms with Crippen LogP contribution in [-0.4, -0.2) is 109 Å². The maximum Gasteiger partial charge on any atom is 0.305 e. The van der Waals surface area contributed by atoms with Crippen LogP contribution in [-0.2, 0) is 38.0 Å². The Hall–Kier alpha value is -0.330. The Morgan fingerprint density at radius 2 is 0.778 bits per heavy atom. The van der Waals surface area contributed by atoms with E-state index in [2.05, 4.69) is 15.9 Å². The first kappa shape index (κ1) is 26.7. The number of carboxylic acids is 1. The minimum absolute atomic E-state index is 0.00910. The molecule has 0 atom stereocenters. The van der Waals surface area contributed by atoms with E-state index in [1.54, 1.807) is 0 Å². The summed E-state index contributed by atoms with van der Waals surface area (Å²) in [6, 6.07) is 0. The molecule has 0 aromatic rings. The third kappa shape index (κ3) is 25.7. The van der Waals surface area contributed by atoms with Gasteiger partial charge in [0.15, 0.2) is 0 Å². The van der Waals surface area contributed by atoms with Crippen LogP contribution < -0.4 is 0 Å². The molecule has 0 aromatic heterocycles. The van der Waals surface area contributed by atoms with Crippen molar-refractivity contribution in [3.8, 4) is 0 Å². The Labute approximate surface area is 169 Å². The molecule has 10 heteroatoms. The standard InChI is InChI=1S/C17H33BrO9/c18-2-4-22-6-8-24-10-12-26-14-16-27-15-13-25-11-9-23-7-5-21-3-1-17(19)20/h1-16H2,(H,19,20). The lowest BCUT2D eigenvalue weighted by atomic mass is 10.5. The van der Waals surface area contributed by atoms with Gasteiger partial charge in [-0.05, 0) is 0 Å². The highest BCUT2D eigenvalue weighted by molar-refractivity contribution is 9.09. The highest BCUT2D eigenvalue weighted by Crippen LogP contribution is 1.87. The van der Waals surface area contributed by atoms with E-state index in [1.165, 1.54) is 0 Å². The van der Waals surface area contributed by atoms with Crippen molar-refractivity contribution in [2.45, 2.75) is 6.42 Å². The molecule has 0 aliphatic heterocycles. The second-order valence-electron chi connectivity index (χ2n) is 5.12. The van der Waals surface area contributed by atoms with E-state index in [0.717, 1.165) is 5.33 Å².